The first-order chi connectivity index (χ1) is 10.6. The molecule has 0 aliphatic carbocycles. The van der Waals surface area contributed by atoms with E-state index in [1.54, 1.807) is 0 Å². The Labute approximate surface area is 139 Å². The molecule has 0 bridgehead atoms. The van der Waals surface area contributed by atoms with Crippen LogP contribution in [0.3, 0.4) is 0 Å². The molecule has 118 valence electrons. The second kappa shape index (κ2) is 6.62. The van der Waals surface area contributed by atoms with Gasteiger partial charge in [-0.2, -0.15) is 0 Å². The highest BCUT2D eigenvalue weighted by molar-refractivity contribution is 9.10. The molecule has 0 saturated carbocycles. The highest BCUT2D eigenvalue weighted by Crippen LogP contribution is 2.42. The smallest absolute Gasteiger partial charge is 0.167 e. The lowest BCUT2D eigenvalue weighted by molar-refractivity contribution is 0.193. The molecule has 1 aliphatic heterocycles. The first-order valence-electron chi connectivity index (χ1n) is 6.94. The molecule has 1 fully saturated rings. The van der Waals surface area contributed by atoms with E-state index in [4.69, 9.17) is 0 Å². The summed E-state index contributed by atoms with van der Waals surface area (Å²) < 4.78 is 28.5. The van der Waals surface area contributed by atoms with Gasteiger partial charge < -0.3 is 10.4 Å². The number of nitrogens with one attached hydrogen (secondary N) is 1. The van der Waals surface area contributed by atoms with Gasteiger partial charge in [0.25, 0.3) is 0 Å². The van der Waals surface area contributed by atoms with Crippen LogP contribution in [-0.4, -0.2) is 36.2 Å². The van der Waals surface area contributed by atoms with Gasteiger partial charge >= 0.3 is 0 Å². The SMILES string of the molecule is Oc1c(Br)cc(F)c(F)c1[C@@H](c1cccs1)N1CCNCC1. The lowest BCUT2D eigenvalue weighted by Crippen LogP contribution is -2.45. The third-order valence-corrected chi connectivity index (χ3v) is 5.31. The second-order valence-electron chi connectivity index (χ2n) is 5.12. The molecule has 1 saturated heterocycles. The summed E-state index contributed by atoms with van der Waals surface area (Å²) >= 11 is 4.57. The molecular weight excluding hydrogens is 374 g/mol. The van der Waals surface area contributed by atoms with Crippen LogP contribution < -0.4 is 5.32 Å². The number of halogens is 3. The molecule has 3 rings (SSSR count). The summed E-state index contributed by atoms with van der Waals surface area (Å²) in [6.45, 7) is 2.96. The Kier molecular flexibility index (Phi) is 4.77. The van der Waals surface area contributed by atoms with Crippen molar-refractivity contribution in [1.82, 2.24) is 10.2 Å². The molecule has 2 N–H and O–H groups in total. The van der Waals surface area contributed by atoms with E-state index in [0.29, 0.717) is 13.1 Å². The largest absolute Gasteiger partial charge is 0.506 e. The Morgan fingerprint density at radius 1 is 1.32 bits per heavy atom. The van der Waals surface area contributed by atoms with Gasteiger partial charge in [0.05, 0.1) is 16.1 Å². The van der Waals surface area contributed by atoms with Crippen LogP contribution in [0.4, 0.5) is 8.78 Å². The van der Waals surface area contributed by atoms with Crippen molar-refractivity contribution in [1.29, 1.82) is 0 Å². The van der Waals surface area contributed by atoms with E-state index in [0.717, 1.165) is 24.0 Å². The van der Waals surface area contributed by atoms with Gasteiger partial charge in [0.2, 0.25) is 0 Å². The molecule has 2 aromatic rings. The number of rotatable bonds is 3. The van der Waals surface area contributed by atoms with E-state index < -0.39 is 17.7 Å². The lowest BCUT2D eigenvalue weighted by atomic mass is 10.0. The van der Waals surface area contributed by atoms with Gasteiger partial charge in [-0.05, 0) is 33.4 Å². The van der Waals surface area contributed by atoms with Crippen molar-refractivity contribution in [3.05, 3.63) is 50.1 Å². The van der Waals surface area contributed by atoms with E-state index in [9.17, 15) is 13.9 Å². The summed E-state index contributed by atoms with van der Waals surface area (Å²) in [5, 5.41) is 15.4. The second-order valence-corrected chi connectivity index (χ2v) is 6.95. The molecule has 0 radical (unpaired) electrons. The van der Waals surface area contributed by atoms with Crippen LogP contribution in [0.5, 0.6) is 5.75 Å². The maximum Gasteiger partial charge on any atom is 0.167 e. The number of hydrogen-bond acceptors (Lipinski definition) is 4. The van der Waals surface area contributed by atoms with Crippen LogP contribution in [0.15, 0.2) is 28.1 Å². The number of thiophene rings is 1. The molecule has 22 heavy (non-hydrogen) atoms. The fourth-order valence-electron chi connectivity index (χ4n) is 2.75. The van der Waals surface area contributed by atoms with E-state index >= 15 is 0 Å². The topological polar surface area (TPSA) is 35.5 Å². The zero-order valence-electron chi connectivity index (χ0n) is 11.7. The van der Waals surface area contributed by atoms with Gasteiger partial charge in [-0.25, -0.2) is 8.78 Å². The third kappa shape index (κ3) is 2.90. The Hall–Kier alpha value is -1.02. The lowest BCUT2D eigenvalue weighted by Gasteiger charge is -2.35. The highest BCUT2D eigenvalue weighted by Gasteiger charge is 2.32. The zero-order valence-corrected chi connectivity index (χ0v) is 14.1. The van der Waals surface area contributed by atoms with Gasteiger partial charge in [0.15, 0.2) is 11.6 Å². The van der Waals surface area contributed by atoms with Crippen LogP contribution in [0.1, 0.15) is 16.5 Å². The predicted molar refractivity (Wildman–Crippen MR) is 86.3 cm³/mol. The zero-order chi connectivity index (χ0) is 15.7. The monoisotopic (exact) mass is 388 g/mol. The molecule has 1 aromatic carbocycles. The van der Waals surface area contributed by atoms with Crippen molar-refractivity contribution in [2.75, 3.05) is 26.2 Å². The minimum Gasteiger partial charge on any atom is -0.506 e. The third-order valence-electron chi connectivity index (χ3n) is 3.78. The normalized spacial score (nSPS) is 17.6. The first-order valence-corrected chi connectivity index (χ1v) is 8.61. The molecule has 0 spiro atoms. The molecular formula is C15H15BrF2N2OS. The number of hydrogen-bond donors (Lipinski definition) is 2. The van der Waals surface area contributed by atoms with Crippen molar-refractivity contribution in [2.24, 2.45) is 0 Å². The summed E-state index contributed by atoms with van der Waals surface area (Å²) in [6, 6.07) is 4.22. The van der Waals surface area contributed by atoms with Crippen molar-refractivity contribution < 1.29 is 13.9 Å². The number of nitrogens with zero attached hydrogens (tertiary/aromatic N) is 1. The fraction of sp³-hybridized carbons (Fsp3) is 0.333. The molecule has 0 amide bonds. The van der Waals surface area contributed by atoms with Crippen LogP contribution in [0.25, 0.3) is 0 Å². The summed E-state index contributed by atoms with van der Waals surface area (Å²) in [5.74, 6) is -2.19. The molecule has 1 aliphatic rings. The van der Waals surface area contributed by atoms with Gasteiger partial charge in [-0.1, -0.05) is 6.07 Å². The van der Waals surface area contributed by atoms with Gasteiger partial charge in [-0.15, -0.1) is 11.3 Å². The van der Waals surface area contributed by atoms with Crippen LogP contribution >= 0.6 is 27.3 Å². The Morgan fingerprint density at radius 2 is 2.05 bits per heavy atom. The van der Waals surface area contributed by atoms with Gasteiger partial charge in [-0.3, -0.25) is 4.90 Å². The summed E-state index contributed by atoms with van der Waals surface area (Å²) in [7, 11) is 0. The van der Waals surface area contributed by atoms with Gasteiger partial charge in [0.1, 0.15) is 5.75 Å². The van der Waals surface area contributed by atoms with Crippen LogP contribution in [0.2, 0.25) is 0 Å². The van der Waals surface area contributed by atoms with Crippen molar-refractivity contribution >= 4 is 27.3 Å². The average Bonchev–Trinajstić information content (AvgIpc) is 3.04. The Balaban J connectivity index is 2.14. The van der Waals surface area contributed by atoms with Crippen LogP contribution in [0, 0.1) is 11.6 Å². The molecule has 1 aromatic heterocycles. The molecule has 2 heterocycles. The standard InChI is InChI=1S/C15H15BrF2N2OS/c16-9-8-10(17)13(18)12(15(9)21)14(11-2-1-7-22-11)20-5-3-19-4-6-20/h1-2,7-8,14,19,21H,3-6H2/t14-/m1/s1. The maximum absolute atomic E-state index is 14.4. The van der Waals surface area contributed by atoms with E-state index in [-0.39, 0.29) is 15.8 Å². The molecule has 0 unspecified atom stereocenters. The first kappa shape index (κ1) is 15.9. The Morgan fingerprint density at radius 3 is 2.68 bits per heavy atom. The quantitative estimate of drug-likeness (QED) is 0.790. The predicted octanol–water partition coefficient (Wildman–Crippen LogP) is 3.49. The minimum atomic E-state index is -0.988. The van der Waals surface area contributed by atoms with Crippen molar-refractivity contribution in [2.45, 2.75) is 6.04 Å². The number of piperazine rings is 1. The Bertz CT molecular complexity index is 634. The van der Waals surface area contributed by atoms with Crippen molar-refractivity contribution in [3.63, 3.8) is 0 Å². The minimum absolute atomic E-state index is 0.00350. The van der Waals surface area contributed by atoms with E-state index in [1.165, 1.54) is 11.3 Å². The highest BCUT2D eigenvalue weighted by atomic mass is 79.9. The molecule has 1 atom stereocenters. The fourth-order valence-corrected chi connectivity index (χ4v) is 4.03. The number of aromatic hydroxyl groups is 1. The number of phenolic OH excluding ortho intramolecular Hbond substituents is 1. The summed E-state index contributed by atoms with van der Waals surface area (Å²) in [5.41, 5.74) is -0.00350. The number of phenols is 1. The van der Waals surface area contributed by atoms with Crippen molar-refractivity contribution in [3.8, 4) is 5.75 Å². The average molecular weight is 389 g/mol. The molecule has 7 heteroatoms. The van der Waals surface area contributed by atoms with E-state index in [1.807, 2.05) is 17.5 Å². The van der Waals surface area contributed by atoms with E-state index in [2.05, 4.69) is 26.1 Å². The maximum atomic E-state index is 14.4. The van der Waals surface area contributed by atoms with Gasteiger partial charge in [0, 0.05) is 31.1 Å². The summed E-state index contributed by atoms with van der Waals surface area (Å²) in [4.78, 5) is 2.94. The number of benzene rings is 1. The molecule has 3 nitrogen and oxygen atoms in total. The summed E-state index contributed by atoms with van der Waals surface area (Å²) in [6.07, 6.45) is 0. The van der Waals surface area contributed by atoms with Crippen LogP contribution in [-0.2, 0) is 0 Å².